The molecule has 0 aliphatic heterocycles. The smallest absolute Gasteiger partial charge is 0.0729 e. The van der Waals surface area contributed by atoms with Crippen LogP contribution < -0.4 is 0 Å². The van der Waals surface area contributed by atoms with E-state index in [0.717, 1.165) is 17.6 Å². The molecule has 2 aromatic rings. The summed E-state index contributed by atoms with van der Waals surface area (Å²) in [6.45, 7) is 2.26. The van der Waals surface area contributed by atoms with Gasteiger partial charge < -0.3 is 5.11 Å². The van der Waals surface area contributed by atoms with Crippen LogP contribution in [0.3, 0.4) is 0 Å². The lowest BCUT2D eigenvalue weighted by atomic mass is 9.89. The fourth-order valence-electron chi connectivity index (χ4n) is 3.53. The lowest BCUT2D eigenvalue weighted by Crippen LogP contribution is -2.25. The first-order valence-corrected chi connectivity index (χ1v) is 7.25. The van der Waals surface area contributed by atoms with Crippen LogP contribution in [-0.2, 0) is 13.5 Å². The fourth-order valence-corrected chi connectivity index (χ4v) is 3.53. The molecule has 1 aromatic carbocycles. The van der Waals surface area contributed by atoms with Gasteiger partial charge in [-0.3, -0.25) is 4.68 Å². The maximum atomic E-state index is 10.5. The summed E-state index contributed by atoms with van der Waals surface area (Å²) in [4.78, 5) is 0. The Morgan fingerprint density at radius 2 is 2.16 bits per heavy atom. The molecular formula is C16H22N2O. The summed E-state index contributed by atoms with van der Waals surface area (Å²) >= 11 is 0. The number of rotatable bonds is 3. The number of fused-ring (bicyclic) bond motifs is 1. The highest BCUT2D eigenvalue weighted by Crippen LogP contribution is 2.35. The first kappa shape index (κ1) is 12.7. The summed E-state index contributed by atoms with van der Waals surface area (Å²) in [6, 6.07) is 8.25. The molecule has 102 valence electrons. The van der Waals surface area contributed by atoms with Crippen LogP contribution in [0.2, 0.25) is 0 Å². The highest BCUT2D eigenvalue weighted by Gasteiger charge is 2.30. The zero-order valence-corrected chi connectivity index (χ0v) is 11.7. The Kier molecular flexibility index (Phi) is 3.31. The number of para-hydroxylation sites is 1. The Bertz CT molecular complexity index is 575. The Morgan fingerprint density at radius 3 is 2.89 bits per heavy atom. The van der Waals surface area contributed by atoms with Crippen LogP contribution in [0.15, 0.2) is 24.3 Å². The number of aromatic nitrogens is 2. The zero-order chi connectivity index (χ0) is 13.4. The highest BCUT2D eigenvalue weighted by atomic mass is 16.3. The first-order chi connectivity index (χ1) is 9.16. The van der Waals surface area contributed by atoms with E-state index in [0.29, 0.717) is 18.3 Å². The van der Waals surface area contributed by atoms with E-state index in [1.54, 1.807) is 0 Å². The topological polar surface area (TPSA) is 38.1 Å². The van der Waals surface area contributed by atoms with Crippen LogP contribution >= 0.6 is 0 Å². The summed E-state index contributed by atoms with van der Waals surface area (Å²) in [5.41, 5.74) is 2.17. The summed E-state index contributed by atoms with van der Waals surface area (Å²) in [5, 5.41) is 16.3. The predicted molar refractivity (Wildman–Crippen MR) is 76.9 cm³/mol. The second-order valence-electron chi connectivity index (χ2n) is 5.93. The van der Waals surface area contributed by atoms with E-state index >= 15 is 0 Å². The molecule has 1 aromatic heterocycles. The number of nitrogens with zero attached hydrogens (tertiary/aromatic N) is 2. The van der Waals surface area contributed by atoms with E-state index in [1.807, 2.05) is 23.9 Å². The standard InChI is InChI=1S/C16H22N2O/c1-11-6-5-8-12(11)16(19)10-14-13-7-3-4-9-15(13)18(2)17-14/h3-4,7,9,11-12,16,19H,5-6,8,10H2,1-2H3. The van der Waals surface area contributed by atoms with Crippen molar-refractivity contribution in [2.45, 2.75) is 38.7 Å². The largest absolute Gasteiger partial charge is 0.392 e. The van der Waals surface area contributed by atoms with Crippen LogP contribution in [0.5, 0.6) is 0 Å². The molecule has 1 N–H and O–H groups in total. The third-order valence-electron chi connectivity index (χ3n) is 4.66. The van der Waals surface area contributed by atoms with Gasteiger partial charge in [0.25, 0.3) is 0 Å². The minimum Gasteiger partial charge on any atom is -0.392 e. The molecule has 1 fully saturated rings. The van der Waals surface area contributed by atoms with E-state index < -0.39 is 0 Å². The molecule has 3 nitrogen and oxygen atoms in total. The third kappa shape index (κ3) is 2.27. The van der Waals surface area contributed by atoms with Crippen molar-refractivity contribution >= 4 is 10.9 Å². The fraction of sp³-hybridized carbons (Fsp3) is 0.562. The summed E-state index contributed by atoms with van der Waals surface area (Å²) in [6.07, 6.45) is 4.09. The predicted octanol–water partition coefficient (Wildman–Crippen LogP) is 2.91. The van der Waals surface area contributed by atoms with Crippen molar-refractivity contribution in [3.05, 3.63) is 30.0 Å². The van der Waals surface area contributed by atoms with Gasteiger partial charge in [0.2, 0.25) is 0 Å². The van der Waals surface area contributed by atoms with Crippen molar-refractivity contribution in [3.8, 4) is 0 Å². The molecule has 1 heterocycles. The first-order valence-electron chi connectivity index (χ1n) is 7.25. The Balaban J connectivity index is 1.85. The SMILES string of the molecule is CC1CCCC1C(O)Cc1nn(C)c2ccccc12. The molecule has 0 bridgehead atoms. The summed E-state index contributed by atoms with van der Waals surface area (Å²) in [5.74, 6) is 1.09. The average Bonchev–Trinajstić information content (AvgIpc) is 2.95. The van der Waals surface area contributed by atoms with Crippen molar-refractivity contribution in [1.29, 1.82) is 0 Å². The van der Waals surface area contributed by atoms with Crippen molar-refractivity contribution in [1.82, 2.24) is 9.78 Å². The summed E-state index contributed by atoms with van der Waals surface area (Å²) < 4.78 is 1.91. The number of aliphatic hydroxyl groups excluding tert-OH is 1. The number of hydrogen-bond acceptors (Lipinski definition) is 2. The van der Waals surface area contributed by atoms with Crippen molar-refractivity contribution in [2.75, 3.05) is 0 Å². The lowest BCUT2D eigenvalue weighted by Gasteiger charge is -2.21. The van der Waals surface area contributed by atoms with E-state index in [2.05, 4.69) is 24.2 Å². The van der Waals surface area contributed by atoms with E-state index in [9.17, 15) is 5.11 Å². The van der Waals surface area contributed by atoms with Crippen LogP contribution in [0.1, 0.15) is 31.9 Å². The minimum atomic E-state index is -0.254. The molecule has 1 aliphatic rings. The molecule has 3 atom stereocenters. The summed E-state index contributed by atoms with van der Waals surface area (Å²) in [7, 11) is 1.97. The van der Waals surface area contributed by atoms with Gasteiger partial charge in [0.1, 0.15) is 0 Å². The van der Waals surface area contributed by atoms with Gasteiger partial charge in [-0.2, -0.15) is 5.10 Å². The molecule has 3 unspecified atom stereocenters. The molecule has 0 spiro atoms. The lowest BCUT2D eigenvalue weighted by molar-refractivity contribution is 0.0894. The van der Waals surface area contributed by atoms with Crippen LogP contribution in [-0.4, -0.2) is 21.0 Å². The van der Waals surface area contributed by atoms with Gasteiger partial charge in [-0.05, 0) is 24.3 Å². The molecular weight excluding hydrogens is 236 g/mol. The van der Waals surface area contributed by atoms with Gasteiger partial charge in [0.05, 0.1) is 17.3 Å². The van der Waals surface area contributed by atoms with Crippen molar-refractivity contribution in [2.24, 2.45) is 18.9 Å². The molecule has 0 radical (unpaired) electrons. The Labute approximate surface area is 114 Å². The number of benzene rings is 1. The van der Waals surface area contributed by atoms with Gasteiger partial charge in [0, 0.05) is 18.9 Å². The van der Waals surface area contributed by atoms with E-state index in [1.165, 1.54) is 18.2 Å². The highest BCUT2D eigenvalue weighted by molar-refractivity contribution is 5.81. The molecule has 1 aliphatic carbocycles. The maximum absolute atomic E-state index is 10.5. The monoisotopic (exact) mass is 258 g/mol. The van der Waals surface area contributed by atoms with E-state index in [4.69, 9.17) is 0 Å². The number of aryl methyl sites for hydroxylation is 1. The van der Waals surface area contributed by atoms with Crippen LogP contribution in [0, 0.1) is 11.8 Å². The molecule has 0 amide bonds. The van der Waals surface area contributed by atoms with Gasteiger partial charge in [0.15, 0.2) is 0 Å². The molecule has 3 heteroatoms. The number of hydrogen-bond donors (Lipinski definition) is 1. The Morgan fingerprint density at radius 1 is 1.37 bits per heavy atom. The quantitative estimate of drug-likeness (QED) is 0.919. The van der Waals surface area contributed by atoms with Crippen molar-refractivity contribution in [3.63, 3.8) is 0 Å². The molecule has 19 heavy (non-hydrogen) atoms. The van der Waals surface area contributed by atoms with Gasteiger partial charge in [-0.1, -0.05) is 38.0 Å². The van der Waals surface area contributed by atoms with Crippen LogP contribution in [0.25, 0.3) is 10.9 Å². The number of aliphatic hydroxyl groups is 1. The van der Waals surface area contributed by atoms with Crippen molar-refractivity contribution < 1.29 is 5.11 Å². The van der Waals surface area contributed by atoms with E-state index in [-0.39, 0.29) is 6.10 Å². The Hall–Kier alpha value is -1.35. The molecule has 3 rings (SSSR count). The zero-order valence-electron chi connectivity index (χ0n) is 11.7. The normalized spacial score (nSPS) is 25.0. The minimum absolute atomic E-state index is 0.254. The average molecular weight is 258 g/mol. The maximum Gasteiger partial charge on any atom is 0.0729 e. The second kappa shape index (κ2) is 4.97. The third-order valence-corrected chi connectivity index (χ3v) is 4.66. The molecule has 1 saturated carbocycles. The van der Waals surface area contributed by atoms with Gasteiger partial charge >= 0.3 is 0 Å². The van der Waals surface area contributed by atoms with Gasteiger partial charge in [-0.25, -0.2) is 0 Å². The second-order valence-corrected chi connectivity index (χ2v) is 5.93. The van der Waals surface area contributed by atoms with Gasteiger partial charge in [-0.15, -0.1) is 0 Å². The van der Waals surface area contributed by atoms with Crippen LogP contribution in [0.4, 0.5) is 0 Å². The molecule has 0 saturated heterocycles.